The number of ether oxygens (including phenoxy) is 1. The summed E-state index contributed by atoms with van der Waals surface area (Å²) in [6.07, 6.45) is -4.59. The first-order valence-electron chi connectivity index (χ1n) is 9.50. The van der Waals surface area contributed by atoms with Crippen LogP contribution in [0.1, 0.15) is 11.1 Å². The lowest BCUT2D eigenvalue weighted by Crippen LogP contribution is -2.48. The van der Waals surface area contributed by atoms with Crippen molar-refractivity contribution >= 4 is 16.0 Å². The van der Waals surface area contributed by atoms with E-state index < -0.39 is 45.1 Å². The molecule has 0 atom stereocenters. The summed E-state index contributed by atoms with van der Waals surface area (Å²) in [6.45, 7) is -0.327. The van der Waals surface area contributed by atoms with Crippen LogP contribution in [0.25, 0.3) is 0 Å². The van der Waals surface area contributed by atoms with E-state index in [1.807, 2.05) is 0 Å². The second-order valence-electron chi connectivity index (χ2n) is 7.11. The Kier molecular flexibility index (Phi) is 7.06. The molecule has 1 N–H and O–H groups in total. The van der Waals surface area contributed by atoms with Gasteiger partial charge in [0.2, 0.25) is 10.0 Å². The molecule has 2 aromatic carbocycles. The van der Waals surface area contributed by atoms with Gasteiger partial charge in [-0.2, -0.15) is 17.5 Å². The average molecular weight is 476 g/mol. The number of sulfonamides is 1. The Balaban J connectivity index is 1.74. The summed E-state index contributed by atoms with van der Waals surface area (Å²) in [5.41, 5.74) is -0.776. The summed E-state index contributed by atoms with van der Waals surface area (Å²) in [4.78, 5) is 12.1. The standard InChI is InChI=1S/C20H20F4N2O5S/c21-16-3-1-2-4-18(16)32(29,30)26-9-7-25(8-10-26)12-14-11-15(20(22,23)24)5-6-17(14)31-13-19(27)28/h1-6,11H,7-10,12-13H2,(H,27,28). The molecule has 0 unspecified atom stereocenters. The summed E-state index contributed by atoms with van der Waals surface area (Å²) in [6, 6.07) is 7.78. The van der Waals surface area contributed by atoms with Crippen molar-refractivity contribution in [1.29, 1.82) is 0 Å². The van der Waals surface area contributed by atoms with E-state index in [-0.39, 0.29) is 44.0 Å². The number of halogens is 4. The molecule has 0 aliphatic carbocycles. The van der Waals surface area contributed by atoms with Crippen LogP contribution in [-0.2, 0) is 27.5 Å². The van der Waals surface area contributed by atoms with Gasteiger partial charge in [0.1, 0.15) is 16.5 Å². The maximum atomic E-state index is 13.9. The van der Waals surface area contributed by atoms with E-state index in [2.05, 4.69) is 0 Å². The van der Waals surface area contributed by atoms with Crippen LogP contribution in [0.2, 0.25) is 0 Å². The molecule has 0 bridgehead atoms. The average Bonchev–Trinajstić information content (AvgIpc) is 2.72. The molecule has 1 fully saturated rings. The number of carbonyl (C=O) groups is 1. The SMILES string of the molecule is O=C(O)COc1ccc(C(F)(F)F)cc1CN1CCN(S(=O)(=O)c2ccccc2F)CC1. The van der Waals surface area contributed by atoms with Gasteiger partial charge < -0.3 is 9.84 Å². The minimum absolute atomic E-state index is 0.00167. The van der Waals surface area contributed by atoms with Crippen LogP contribution in [0, 0.1) is 5.82 Å². The Labute approximate surface area is 181 Å². The highest BCUT2D eigenvalue weighted by Crippen LogP contribution is 2.33. The fourth-order valence-electron chi connectivity index (χ4n) is 3.32. The number of hydrogen-bond acceptors (Lipinski definition) is 5. The molecule has 0 saturated carbocycles. The van der Waals surface area contributed by atoms with Crippen LogP contribution < -0.4 is 4.74 Å². The molecule has 1 heterocycles. The Morgan fingerprint density at radius 3 is 2.31 bits per heavy atom. The smallest absolute Gasteiger partial charge is 0.416 e. The summed E-state index contributed by atoms with van der Waals surface area (Å²) in [5, 5.41) is 8.79. The normalized spacial score (nSPS) is 16.1. The fourth-order valence-corrected chi connectivity index (χ4v) is 4.81. The third-order valence-corrected chi connectivity index (χ3v) is 6.85. The van der Waals surface area contributed by atoms with E-state index in [0.29, 0.717) is 0 Å². The Morgan fingerprint density at radius 2 is 1.72 bits per heavy atom. The van der Waals surface area contributed by atoms with Crippen LogP contribution >= 0.6 is 0 Å². The number of carboxylic acid groups (broad SMARTS) is 1. The molecule has 1 aliphatic heterocycles. The number of rotatable bonds is 7. The highest BCUT2D eigenvalue weighted by Gasteiger charge is 2.33. The number of nitrogens with zero attached hydrogens (tertiary/aromatic N) is 2. The summed E-state index contributed by atoms with van der Waals surface area (Å²) in [7, 11) is -4.05. The molecule has 1 aliphatic rings. The van der Waals surface area contributed by atoms with Crippen molar-refractivity contribution in [3.05, 3.63) is 59.4 Å². The summed E-state index contributed by atoms with van der Waals surface area (Å²) < 4.78 is 84.9. The molecule has 2 aromatic rings. The van der Waals surface area contributed by atoms with Gasteiger partial charge in [0.05, 0.1) is 5.56 Å². The highest BCUT2D eigenvalue weighted by atomic mass is 32.2. The first-order valence-corrected chi connectivity index (χ1v) is 10.9. The zero-order valence-corrected chi connectivity index (χ0v) is 17.5. The van der Waals surface area contributed by atoms with Crippen molar-refractivity contribution in [1.82, 2.24) is 9.21 Å². The Bertz CT molecular complexity index is 1080. The van der Waals surface area contributed by atoms with E-state index in [0.717, 1.165) is 28.6 Å². The maximum Gasteiger partial charge on any atom is 0.416 e. The summed E-state index contributed by atoms with van der Waals surface area (Å²) >= 11 is 0. The van der Waals surface area contributed by atoms with Crippen LogP contribution in [0.3, 0.4) is 0 Å². The van der Waals surface area contributed by atoms with Crippen molar-refractivity contribution in [3.8, 4) is 5.75 Å². The van der Waals surface area contributed by atoms with Crippen LogP contribution in [0.5, 0.6) is 5.75 Å². The molecule has 1 saturated heterocycles. The van der Waals surface area contributed by atoms with Gasteiger partial charge in [-0.25, -0.2) is 17.6 Å². The Hall–Kier alpha value is -2.70. The van der Waals surface area contributed by atoms with Gasteiger partial charge in [-0.3, -0.25) is 4.90 Å². The second-order valence-corrected chi connectivity index (χ2v) is 9.02. The third-order valence-electron chi connectivity index (χ3n) is 4.92. The zero-order valence-electron chi connectivity index (χ0n) is 16.7. The molecule has 174 valence electrons. The van der Waals surface area contributed by atoms with Gasteiger partial charge in [0, 0.05) is 38.3 Å². The quantitative estimate of drug-likeness (QED) is 0.619. The van der Waals surface area contributed by atoms with Crippen molar-refractivity contribution in [2.24, 2.45) is 0 Å². The van der Waals surface area contributed by atoms with Gasteiger partial charge in [-0.1, -0.05) is 12.1 Å². The monoisotopic (exact) mass is 476 g/mol. The third kappa shape index (κ3) is 5.56. The maximum absolute atomic E-state index is 13.9. The lowest BCUT2D eigenvalue weighted by Gasteiger charge is -2.34. The van der Waals surface area contributed by atoms with E-state index >= 15 is 0 Å². The highest BCUT2D eigenvalue weighted by molar-refractivity contribution is 7.89. The van der Waals surface area contributed by atoms with Crippen LogP contribution in [0.15, 0.2) is 47.4 Å². The number of hydrogen-bond donors (Lipinski definition) is 1. The topological polar surface area (TPSA) is 87.2 Å². The van der Waals surface area contributed by atoms with Gasteiger partial charge in [-0.15, -0.1) is 0 Å². The molecule has 32 heavy (non-hydrogen) atoms. The van der Waals surface area contributed by atoms with Crippen molar-refractivity contribution in [3.63, 3.8) is 0 Å². The van der Waals surface area contributed by atoms with Gasteiger partial charge in [-0.05, 0) is 30.3 Å². The number of piperazine rings is 1. The number of aliphatic carboxylic acids is 1. The fraction of sp³-hybridized carbons (Fsp3) is 0.350. The molecule has 12 heteroatoms. The first-order chi connectivity index (χ1) is 15.0. The van der Waals surface area contributed by atoms with E-state index in [1.165, 1.54) is 18.2 Å². The van der Waals surface area contributed by atoms with E-state index in [4.69, 9.17) is 9.84 Å². The second kappa shape index (κ2) is 9.43. The molecule has 0 aromatic heterocycles. The number of alkyl halides is 3. The lowest BCUT2D eigenvalue weighted by atomic mass is 10.1. The number of carboxylic acids is 1. The molecule has 7 nitrogen and oxygen atoms in total. The number of benzene rings is 2. The summed E-state index contributed by atoms with van der Waals surface area (Å²) in [5.74, 6) is -2.14. The van der Waals surface area contributed by atoms with Crippen LogP contribution in [0.4, 0.5) is 17.6 Å². The van der Waals surface area contributed by atoms with Crippen molar-refractivity contribution in [2.75, 3.05) is 32.8 Å². The van der Waals surface area contributed by atoms with Gasteiger partial charge >= 0.3 is 12.1 Å². The predicted octanol–water partition coefficient (Wildman–Crippen LogP) is 2.81. The zero-order chi connectivity index (χ0) is 23.5. The van der Waals surface area contributed by atoms with Crippen molar-refractivity contribution in [2.45, 2.75) is 17.6 Å². The first kappa shape index (κ1) is 24.0. The molecule has 0 radical (unpaired) electrons. The molecular formula is C20H20F4N2O5S. The minimum Gasteiger partial charge on any atom is -0.482 e. The minimum atomic E-state index is -4.59. The van der Waals surface area contributed by atoms with E-state index in [9.17, 15) is 30.8 Å². The Morgan fingerprint density at radius 1 is 1.06 bits per heavy atom. The van der Waals surface area contributed by atoms with Crippen LogP contribution in [-0.4, -0.2) is 61.5 Å². The van der Waals surface area contributed by atoms with E-state index in [1.54, 1.807) is 4.90 Å². The predicted molar refractivity (Wildman–Crippen MR) is 105 cm³/mol. The molecule has 3 rings (SSSR count). The molecule has 0 spiro atoms. The molecule has 0 amide bonds. The molecular weight excluding hydrogens is 456 g/mol. The lowest BCUT2D eigenvalue weighted by molar-refractivity contribution is -0.140. The van der Waals surface area contributed by atoms with Gasteiger partial charge in [0.25, 0.3) is 0 Å². The van der Waals surface area contributed by atoms with Crippen molar-refractivity contribution < 1.29 is 40.6 Å². The van der Waals surface area contributed by atoms with Gasteiger partial charge in [0.15, 0.2) is 6.61 Å². The largest absolute Gasteiger partial charge is 0.482 e.